The maximum absolute atomic E-state index is 13.0. The zero-order valence-corrected chi connectivity index (χ0v) is 18.4. The molecule has 30 heavy (non-hydrogen) atoms. The van der Waals surface area contributed by atoms with Crippen LogP contribution in [-0.2, 0) is 19.7 Å². The van der Waals surface area contributed by atoms with E-state index in [0.717, 1.165) is 0 Å². The summed E-state index contributed by atoms with van der Waals surface area (Å²) in [4.78, 5) is 14.7. The molecule has 3 heterocycles. The number of hydrogen-bond donors (Lipinski definition) is 0. The molecule has 0 spiro atoms. The monoisotopic (exact) mass is 439 g/mol. The van der Waals surface area contributed by atoms with Gasteiger partial charge < -0.3 is 19.1 Å². The van der Waals surface area contributed by atoms with Crippen molar-refractivity contribution < 1.29 is 27.4 Å². The molecule has 0 aliphatic carbocycles. The van der Waals surface area contributed by atoms with Crippen LogP contribution in [0.1, 0.15) is 20.8 Å². The van der Waals surface area contributed by atoms with E-state index < -0.39 is 22.4 Å². The van der Waals surface area contributed by atoms with Crippen molar-refractivity contribution in [2.24, 2.45) is 0 Å². The predicted octanol–water partition coefficient (Wildman–Crippen LogP) is 0.713. The molecule has 1 aromatic carbocycles. The minimum atomic E-state index is -3.58. The van der Waals surface area contributed by atoms with Gasteiger partial charge in [-0.15, -0.1) is 0 Å². The van der Waals surface area contributed by atoms with E-state index in [0.29, 0.717) is 37.7 Å². The Morgan fingerprint density at radius 2 is 1.47 bits per heavy atom. The summed E-state index contributed by atoms with van der Waals surface area (Å²) in [6.45, 7) is 7.40. The first-order valence-electron chi connectivity index (χ1n) is 10.4. The van der Waals surface area contributed by atoms with Gasteiger partial charge >= 0.3 is 0 Å². The standard InChI is InChI=1S/C20H29N3O6S/c1-14-12-23(13-15(2)27-14)30(25,26)22-10-8-21(9-11-22)20(24)19-16(3)28-17-6-4-5-7-18(17)29-19/h4-7,14-16,19H,8-13H2,1-3H3. The minimum absolute atomic E-state index is 0.140. The lowest BCUT2D eigenvalue weighted by Gasteiger charge is -2.41. The topological polar surface area (TPSA) is 88.6 Å². The largest absolute Gasteiger partial charge is 0.482 e. The van der Waals surface area contributed by atoms with E-state index in [1.165, 1.54) is 8.61 Å². The maximum atomic E-state index is 13.0. The minimum Gasteiger partial charge on any atom is -0.482 e. The molecule has 10 heteroatoms. The number of benzene rings is 1. The van der Waals surface area contributed by atoms with Crippen molar-refractivity contribution in [2.45, 2.75) is 45.2 Å². The second-order valence-corrected chi connectivity index (χ2v) is 10.0. The van der Waals surface area contributed by atoms with Crippen LogP contribution in [0.5, 0.6) is 11.5 Å². The van der Waals surface area contributed by atoms with Gasteiger partial charge in [-0.3, -0.25) is 4.79 Å². The number of ether oxygens (including phenoxy) is 3. The number of morpholine rings is 1. The van der Waals surface area contributed by atoms with Gasteiger partial charge in [-0.25, -0.2) is 0 Å². The molecule has 0 aromatic heterocycles. The molecule has 1 aromatic rings. The summed E-state index contributed by atoms with van der Waals surface area (Å²) in [5.74, 6) is 0.993. The van der Waals surface area contributed by atoms with E-state index in [2.05, 4.69) is 0 Å². The number of carbonyl (C=O) groups is 1. The molecule has 4 unspecified atom stereocenters. The Hall–Kier alpha value is -1.88. The zero-order chi connectivity index (χ0) is 21.5. The molecule has 0 N–H and O–H groups in total. The van der Waals surface area contributed by atoms with Crippen LogP contribution in [0.2, 0.25) is 0 Å². The molecule has 3 aliphatic rings. The molecule has 2 saturated heterocycles. The summed E-state index contributed by atoms with van der Waals surface area (Å²) in [6.07, 6.45) is -1.45. The van der Waals surface area contributed by atoms with Crippen molar-refractivity contribution in [2.75, 3.05) is 39.3 Å². The smallest absolute Gasteiger partial charge is 0.282 e. The second-order valence-electron chi connectivity index (χ2n) is 8.11. The Balaban J connectivity index is 1.38. The van der Waals surface area contributed by atoms with Gasteiger partial charge in [0.25, 0.3) is 16.1 Å². The Bertz CT molecular complexity index is 876. The molecule has 4 atom stereocenters. The first-order chi connectivity index (χ1) is 14.3. The van der Waals surface area contributed by atoms with Crippen LogP contribution in [-0.4, -0.2) is 91.5 Å². The first kappa shape index (κ1) is 21.4. The van der Waals surface area contributed by atoms with Crippen LogP contribution < -0.4 is 9.47 Å². The summed E-state index contributed by atoms with van der Waals surface area (Å²) < 4.78 is 46.4. The van der Waals surface area contributed by atoms with Crippen molar-refractivity contribution in [1.29, 1.82) is 0 Å². The van der Waals surface area contributed by atoms with Crippen molar-refractivity contribution in [1.82, 2.24) is 13.5 Å². The number of rotatable bonds is 3. The summed E-state index contributed by atoms with van der Waals surface area (Å²) in [7, 11) is -3.58. The van der Waals surface area contributed by atoms with Crippen LogP contribution in [0.4, 0.5) is 0 Å². The molecule has 166 valence electrons. The average molecular weight is 440 g/mol. The summed E-state index contributed by atoms with van der Waals surface area (Å²) in [5.41, 5.74) is 0. The Morgan fingerprint density at radius 1 is 0.900 bits per heavy atom. The molecule has 0 bridgehead atoms. The quantitative estimate of drug-likeness (QED) is 0.689. The van der Waals surface area contributed by atoms with Gasteiger partial charge in [0.1, 0.15) is 6.10 Å². The molecule has 2 fully saturated rings. The van der Waals surface area contributed by atoms with Gasteiger partial charge in [0, 0.05) is 39.3 Å². The van der Waals surface area contributed by atoms with E-state index in [1.807, 2.05) is 32.0 Å². The molecule has 0 saturated carbocycles. The lowest BCUT2D eigenvalue weighted by atomic mass is 10.1. The number of carbonyl (C=O) groups excluding carboxylic acids is 1. The highest BCUT2D eigenvalue weighted by atomic mass is 32.2. The lowest BCUT2D eigenvalue weighted by molar-refractivity contribution is -0.145. The van der Waals surface area contributed by atoms with Crippen LogP contribution in [0.3, 0.4) is 0 Å². The van der Waals surface area contributed by atoms with Gasteiger partial charge in [0.05, 0.1) is 12.2 Å². The zero-order valence-electron chi connectivity index (χ0n) is 17.6. The van der Waals surface area contributed by atoms with Gasteiger partial charge in [0.2, 0.25) is 6.10 Å². The van der Waals surface area contributed by atoms with Crippen molar-refractivity contribution >= 4 is 16.1 Å². The highest BCUT2D eigenvalue weighted by molar-refractivity contribution is 7.86. The van der Waals surface area contributed by atoms with E-state index in [4.69, 9.17) is 14.2 Å². The fourth-order valence-electron chi connectivity index (χ4n) is 4.19. The maximum Gasteiger partial charge on any atom is 0.282 e. The second kappa shape index (κ2) is 8.33. The lowest BCUT2D eigenvalue weighted by Crippen LogP contribution is -2.60. The molecule has 3 aliphatic heterocycles. The highest BCUT2D eigenvalue weighted by Gasteiger charge is 2.41. The molecule has 0 radical (unpaired) electrons. The van der Waals surface area contributed by atoms with E-state index in [9.17, 15) is 13.2 Å². The van der Waals surface area contributed by atoms with Crippen LogP contribution in [0.15, 0.2) is 24.3 Å². The number of piperazine rings is 1. The Kier molecular flexibility index (Phi) is 5.93. The fourth-order valence-corrected chi connectivity index (χ4v) is 5.94. The SMILES string of the molecule is CC1CN(S(=O)(=O)N2CCN(C(=O)C3Oc4ccccc4OC3C)CC2)CC(C)O1. The van der Waals surface area contributed by atoms with E-state index in [1.54, 1.807) is 17.9 Å². The van der Waals surface area contributed by atoms with Crippen LogP contribution >= 0.6 is 0 Å². The highest BCUT2D eigenvalue weighted by Crippen LogP contribution is 2.34. The normalized spacial score (nSPS) is 30.8. The van der Waals surface area contributed by atoms with Gasteiger partial charge in [-0.05, 0) is 32.9 Å². The average Bonchev–Trinajstić information content (AvgIpc) is 2.72. The molecule has 4 rings (SSSR count). The summed E-state index contributed by atoms with van der Waals surface area (Å²) in [5, 5.41) is 0. The third kappa shape index (κ3) is 4.14. The molecular weight excluding hydrogens is 410 g/mol. The number of para-hydroxylation sites is 2. The molecule has 1 amide bonds. The number of amides is 1. The fraction of sp³-hybridized carbons (Fsp3) is 0.650. The van der Waals surface area contributed by atoms with Crippen molar-refractivity contribution in [3.63, 3.8) is 0 Å². The Morgan fingerprint density at radius 3 is 2.07 bits per heavy atom. The van der Waals surface area contributed by atoms with E-state index in [-0.39, 0.29) is 31.2 Å². The number of fused-ring (bicyclic) bond motifs is 1. The van der Waals surface area contributed by atoms with Gasteiger partial charge in [-0.2, -0.15) is 17.0 Å². The third-order valence-electron chi connectivity index (χ3n) is 5.67. The predicted molar refractivity (Wildman–Crippen MR) is 110 cm³/mol. The third-order valence-corrected chi connectivity index (χ3v) is 7.64. The van der Waals surface area contributed by atoms with E-state index >= 15 is 0 Å². The number of hydrogen-bond acceptors (Lipinski definition) is 6. The number of nitrogens with zero attached hydrogens (tertiary/aromatic N) is 3. The van der Waals surface area contributed by atoms with Crippen LogP contribution in [0, 0.1) is 0 Å². The van der Waals surface area contributed by atoms with Crippen LogP contribution in [0.25, 0.3) is 0 Å². The van der Waals surface area contributed by atoms with Crippen molar-refractivity contribution in [3.05, 3.63) is 24.3 Å². The first-order valence-corrected chi connectivity index (χ1v) is 11.8. The summed E-state index contributed by atoms with van der Waals surface area (Å²) >= 11 is 0. The van der Waals surface area contributed by atoms with Gasteiger partial charge in [-0.1, -0.05) is 12.1 Å². The molecular formula is C20H29N3O6S. The van der Waals surface area contributed by atoms with Gasteiger partial charge in [0.15, 0.2) is 11.5 Å². The summed E-state index contributed by atoms with van der Waals surface area (Å²) in [6, 6.07) is 7.27. The Labute approximate surface area is 177 Å². The molecule has 9 nitrogen and oxygen atoms in total. The van der Waals surface area contributed by atoms with Crippen molar-refractivity contribution in [3.8, 4) is 11.5 Å².